The number of nitrogens with two attached hydrogens (primary N) is 1. The van der Waals surface area contributed by atoms with Crippen molar-refractivity contribution in [2.75, 3.05) is 7.11 Å². The van der Waals surface area contributed by atoms with Crippen molar-refractivity contribution in [3.63, 3.8) is 0 Å². The Bertz CT molecular complexity index is 444. The summed E-state index contributed by atoms with van der Waals surface area (Å²) >= 11 is 0. The Hall–Kier alpha value is -2.32. The Morgan fingerprint density at radius 2 is 1.68 bits per heavy atom. The number of carbonyl (C=O) groups excluding carboxylic acids is 4. The van der Waals surface area contributed by atoms with Crippen LogP contribution in [0.3, 0.4) is 0 Å². The van der Waals surface area contributed by atoms with Crippen LogP contribution in [-0.4, -0.2) is 48.7 Å². The summed E-state index contributed by atoms with van der Waals surface area (Å²) in [6, 6.07) is -2.19. The third-order valence-corrected chi connectivity index (χ3v) is 2.33. The molecule has 0 aliphatic heterocycles. The summed E-state index contributed by atoms with van der Waals surface area (Å²) in [5.74, 6) is -2.20. The van der Waals surface area contributed by atoms with Gasteiger partial charge in [-0.3, -0.25) is 9.59 Å². The smallest absolute Gasteiger partial charge is 0.408 e. The van der Waals surface area contributed by atoms with E-state index in [9.17, 15) is 19.2 Å². The highest BCUT2D eigenvalue weighted by atomic mass is 16.6. The van der Waals surface area contributed by atoms with E-state index in [1.165, 1.54) is 14.0 Å². The van der Waals surface area contributed by atoms with Crippen LogP contribution in [0.2, 0.25) is 0 Å². The fourth-order valence-corrected chi connectivity index (χ4v) is 1.41. The minimum absolute atomic E-state index is 0.432. The highest BCUT2D eigenvalue weighted by Crippen LogP contribution is 2.07. The van der Waals surface area contributed by atoms with Gasteiger partial charge < -0.3 is 25.8 Å². The van der Waals surface area contributed by atoms with E-state index in [1.807, 2.05) is 0 Å². The van der Waals surface area contributed by atoms with Crippen LogP contribution in [0.15, 0.2) is 0 Å². The highest BCUT2D eigenvalue weighted by Gasteiger charge is 2.28. The van der Waals surface area contributed by atoms with Crippen molar-refractivity contribution < 1.29 is 28.7 Å². The summed E-state index contributed by atoms with van der Waals surface area (Å²) in [6.45, 7) is 6.34. The molecule has 9 heteroatoms. The lowest BCUT2D eigenvalue weighted by Crippen LogP contribution is -2.52. The molecule has 0 aliphatic carbocycles. The summed E-state index contributed by atoms with van der Waals surface area (Å²) in [6.07, 6.45) is -1.31. The molecule has 3 amide bonds. The Balaban J connectivity index is 4.82. The van der Waals surface area contributed by atoms with Crippen molar-refractivity contribution in [3.05, 3.63) is 0 Å². The lowest BCUT2D eigenvalue weighted by Gasteiger charge is -2.23. The lowest BCUT2D eigenvalue weighted by atomic mass is 10.1. The second-order valence-electron chi connectivity index (χ2n) is 5.62. The van der Waals surface area contributed by atoms with Crippen molar-refractivity contribution in [2.45, 2.75) is 51.8 Å². The predicted molar refractivity (Wildman–Crippen MR) is 76.6 cm³/mol. The second kappa shape index (κ2) is 8.20. The first-order chi connectivity index (χ1) is 9.96. The molecule has 0 aromatic rings. The minimum atomic E-state index is -1.25. The molecule has 0 saturated heterocycles. The number of amides is 3. The van der Waals surface area contributed by atoms with Crippen molar-refractivity contribution in [1.29, 1.82) is 0 Å². The quantitative estimate of drug-likeness (QED) is 0.561. The first-order valence-electron chi connectivity index (χ1n) is 6.62. The van der Waals surface area contributed by atoms with Gasteiger partial charge in [-0.25, -0.2) is 9.59 Å². The Morgan fingerprint density at radius 3 is 2.09 bits per heavy atom. The number of ether oxygens (including phenoxy) is 2. The van der Waals surface area contributed by atoms with Crippen LogP contribution in [0, 0.1) is 0 Å². The topological polar surface area (TPSA) is 137 Å². The van der Waals surface area contributed by atoms with Gasteiger partial charge in [0.05, 0.1) is 13.5 Å². The molecule has 0 unspecified atom stereocenters. The van der Waals surface area contributed by atoms with Gasteiger partial charge in [-0.1, -0.05) is 0 Å². The van der Waals surface area contributed by atoms with E-state index in [1.54, 1.807) is 20.8 Å². The number of methoxy groups -OCH3 is 1. The molecule has 0 spiro atoms. The van der Waals surface area contributed by atoms with Crippen LogP contribution < -0.4 is 16.4 Å². The molecule has 2 atom stereocenters. The zero-order valence-electron chi connectivity index (χ0n) is 13.4. The normalized spacial score (nSPS) is 13.5. The molecule has 0 fully saturated rings. The Kier molecular flexibility index (Phi) is 7.34. The van der Waals surface area contributed by atoms with Crippen LogP contribution in [0.25, 0.3) is 0 Å². The maximum atomic E-state index is 12.0. The van der Waals surface area contributed by atoms with Crippen molar-refractivity contribution >= 4 is 23.9 Å². The molecule has 0 rings (SSSR count). The number of alkyl carbamates (subject to hydrolysis) is 1. The number of esters is 1. The van der Waals surface area contributed by atoms with Crippen molar-refractivity contribution in [2.24, 2.45) is 5.73 Å². The predicted octanol–water partition coefficient (Wildman–Crippen LogP) is -0.567. The maximum Gasteiger partial charge on any atom is 0.408 e. The van der Waals surface area contributed by atoms with Gasteiger partial charge in [0.1, 0.15) is 17.7 Å². The van der Waals surface area contributed by atoms with Gasteiger partial charge >= 0.3 is 12.1 Å². The third-order valence-electron chi connectivity index (χ3n) is 2.33. The lowest BCUT2D eigenvalue weighted by molar-refractivity contribution is -0.144. The van der Waals surface area contributed by atoms with E-state index in [4.69, 9.17) is 10.5 Å². The van der Waals surface area contributed by atoms with E-state index >= 15 is 0 Å². The zero-order chi connectivity index (χ0) is 17.5. The molecule has 0 heterocycles. The summed E-state index contributed by atoms with van der Waals surface area (Å²) in [5.41, 5.74) is 4.28. The molecule has 0 aromatic heterocycles. The molecule has 0 saturated carbocycles. The van der Waals surface area contributed by atoms with Gasteiger partial charge in [0.15, 0.2) is 0 Å². The number of carbonyl (C=O) groups is 4. The van der Waals surface area contributed by atoms with Gasteiger partial charge in [0, 0.05) is 0 Å². The van der Waals surface area contributed by atoms with Gasteiger partial charge in [-0.05, 0) is 27.7 Å². The number of hydrogen-bond donors (Lipinski definition) is 3. The molecule has 0 bridgehead atoms. The SMILES string of the molecule is COC(=O)[C@H](C)NC(=O)[C@H](CC(N)=O)NC(=O)OC(C)(C)C. The van der Waals surface area contributed by atoms with E-state index in [-0.39, 0.29) is 0 Å². The molecule has 126 valence electrons. The van der Waals surface area contributed by atoms with Crippen molar-refractivity contribution in [1.82, 2.24) is 10.6 Å². The third kappa shape index (κ3) is 8.08. The molecule has 0 aliphatic rings. The van der Waals surface area contributed by atoms with E-state index in [2.05, 4.69) is 15.4 Å². The van der Waals surface area contributed by atoms with Crippen LogP contribution in [0.1, 0.15) is 34.1 Å². The summed E-state index contributed by atoms with van der Waals surface area (Å²) in [7, 11) is 1.17. The highest BCUT2D eigenvalue weighted by molar-refractivity contribution is 5.92. The zero-order valence-corrected chi connectivity index (χ0v) is 13.4. The Labute approximate surface area is 128 Å². The maximum absolute atomic E-state index is 12.0. The van der Waals surface area contributed by atoms with Gasteiger partial charge in [0.25, 0.3) is 0 Å². The van der Waals surface area contributed by atoms with E-state index in [0.29, 0.717) is 0 Å². The summed E-state index contributed by atoms with van der Waals surface area (Å²) in [5, 5.41) is 4.55. The van der Waals surface area contributed by atoms with E-state index < -0.39 is 48.0 Å². The van der Waals surface area contributed by atoms with Crippen LogP contribution in [0.5, 0.6) is 0 Å². The molecular weight excluding hydrogens is 294 g/mol. The van der Waals surface area contributed by atoms with Crippen molar-refractivity contribution in [3.8, 4) is 0 Å². The van der Waals surface area contributed by atoms with Gasteiger partial charge in [0.2, 0.25) is 11.8 Å². The molecule has 4 N–H and O–H groups in total. The number of hydrogen-bond acceptors (Lipinski definition) is 6. The molecule has 9 nitrogen and oxygen atoms in total. The average Bonchev–Trinajstić information content (AvgIpc) is 2.33. The van der Waals surface area contributed by atoms with Crippen LogP contribution >= 0.6 is 0 Å². The number of nitrogens with one attached hydrogen (secondary N) is 2. The van der Waals surface area contributed by atoms with Gasteiger partial charge in [-0.2, -0.15) is 0 Å². The molecule has 0 aromatic carbocycles. The Morgan fingerprint density at radius 1 is 1.14 bits per heavy atom. The average molecular weight is 317 g/mol. The fraction of sp³-hybridized carbons (Fsp3) is 0.692. The summed E-state index contributed by atoms with van der Waals surface area (Å²) in [4.78, 5) is 46.0. The molecule has 0 radical (unpaired) electrons. The second-order valence-corrected chi connectivity index (χ2v) is 5.62. The van der Waals surface area contributed by atoms with Crippen LogP contribution in [0.4, 0.5) is 4.79 Å². The monoisotopic (exact) mass is 317 g/mol. The first-order valence-corrected chi connectivity index (χ1v) is 6.62. The van der Waals surface area contributed by atoms with Gasteiger partial charge in [-0.15, -0.1) is 0 Å². The number of rotatable bonds is 6. The molecule has 22 heavy (non-hydrogen) atoms. The van der Waals surface area contributed by atoms with E-state index in [0.717, 1.165) is 0 Å². The minimum Gasteiger partial charge on any atom is -0.467 e. The molecular formula is C13H23N3O6. The summed E-state index contributed by atoms with van der Waals surface area (Å²) < 4.78 is 9.46. The largest absolute Gasteiger partial charge is 0.467 e. The first kappa shape index (κ1) is 19.7. The number of primary amides is 1. The fourth-order valence-electron chi connectivity index (χ4n) is 1.41. The standard InChI is InChI=1S/C13H23N3O6/c1-7(11(19)21-5)15-10(18)8(6-9(14)17)16-12(20)22-13(2,3)4/h7-8H,6H2,1-5H3,(H2,14,17)(H,15,18)(H,16,20)/t7-,8-/m0/s1. The van der Waals surface area contributed by atoms with Crippen LogP contribution in [-0.2, 0) is 23.9 Å².